The van der Waals surface area contributed by atoms with Gasteiger partial charge in [0.1, 0.15) is 12.4 Å². The molecule has 58 heavy (non-hydrogen) atoms. The summed E-state index contributed by atoms with van der Waals surface area (Å²) in [7, 11) is 0. The molecule has 3 aliphatic rings. The highest BCUT2D eigenvalue weighted by Crippen LogP contribution is 2.37. The first kappa shape index (κ1) is 47.2. The Morgan fingerprint density at radius 1 is 0.914 bits per heavy atom. The Morgan fingerprint density at radius 2 is 1.52 bits per heavy atom. The highest BCUT2D eigenvalue weighted by molar-refractivity contribution is 5.98. The number of halogens is 2. The molecule has 2 saturated heterocycles. The van der Waals surface area contributed by atoms with Gasteiger partial charge in [0.25, 0.3) is 0 Å². The number of alkyl halides is 2. The van der Waals surface area contributed by atoms with E-state index in [1.807, 2.05) is 40.1 Å². The summed E-state index contributed by atoms with van der Waals surface area (Å²) >= 11 is 0. The number of amides is 2. The van der Waals surface area contributed by atoms with Crippen LogP contribution in [0.4, 0.5) is 8.78 Å². The zero-order valence-corrected chi connectivity index (χ0v) is 35.0. The molecule has 3 N–H and O–H groups in total. The van der Waals surface area contributed by atoms with Crippen LogP contribution in [0.1, 0.15) is 103 Å². The van der Waals surface area contributed by atoms with Gasteiger partial charge in [0.2, 0.25) is 17.7 Å². The van der Waals surface area contributed by atoms with Gasteiger partial charge in [0.05, 0.1) is 64.5 Å². The van der Waals surface area contributed by atoms with Gasteiger partial charge in [-0.3, -0.25) is 25.3 Å². The van der Waals surface area contributed by atoms with Gasteiger partial charge in [0, 0.05) is 62.4 Å². The lowest BCUT2D eigenvalue weighted by molar-refractivity contribution is -0.133. The number of ether oxygens (including phenoxy) is 4. The molecule has 2 heterocycles. The van der Waals surface area contributed by atoms with E-state index >= 15 is 0 Å². The minimum absolute atomic E-state index is 0.0381. The van der Waals surface area contributed by atoms with Crippen LogP contribution in [0.5, 0.6) is 0 Å². The van der Waals surface area contributed by atoms with E-state index in [1.54, 1.807) is 6.92 Å². The van der Waals surface area contributed by atoms with Crippen molar-refractivity contribution in [1.29, 1.82) is 10.8 Å². The lowest BCUT2D eigenvalue weighted by Crippen LogP contribution is -2.50. The van der Waals surface area contributed by atoms with Gasteiger partial charge < -0.3 is 34.1 Å². The SMILES string of the molecule is C#CCOCCOCCOCCOCCC(=O)N1CCC(C(=N)N(C(C)=N)C(C)CC2CCC(C)N2CCC(NC(=O)C2CCC(F)(F)CC2)c2ccccc2)CC1. The van der Waals surface area contributed by atoms with E-state index in [1.165, 1.54) is 0 Å². The number of carbonyl (C=O) groups is 2. The lowest BCUT2D eigenvalue weighted by Gasteiger charge is -2.40. The molecule has 0 bridgehead atoms. The van der Waals surface area contributed by atoms with Crippen molar-refractivity contribution in [2.24, 2.45) is 11.8 Å². The molecule has 12 nitrogen and oxygen atoms in total. The molecule has 0 spiro atoms. The van der Waals surface area contributed by atoms with Crippen LogP contribution in [0.2, 0.25) is 0 Å². The van der Waals surface area contributed by atoms with E-state index in [4.69, 9.17) is 30.8 Å². The van der Waals surface area contributed by atoms with E-state index in [0.29, 0.717) is 103 Å². The molecular formula is C44H68F2N6O6. The van der Waals surface area contributed by atoms with Crippen LogP contribution >= 0.6 is 0 Å². The summed E-state index contributed by atoms with van der Waals surface area (Å²) in [4.78, 5) is 32.5. The van der Waals surface area contributed by atoms with Crippen LogP contribution in [0, 0.1) is 35.0 Å². The fourth-order valence-electron chi connectivity index (χ4n) is 8.61. The molecule has 2 amide bonds. The third-order valence-corrected chi connectivity index (χ3v) is 11.9. The highest BCUT2D eigenvalue weighted by atomic mass is 19.3. The molecule has 1 aromatic rings. The Morgan fingerprint density at radius 3 is 2.12 bits per heavy atom. The number of hydrogen-bond acceptors (Lipinski definition) is 9. The molecule has 14 heteroatoms. The Kier molecular flexibility index (Phi) is 20.0. The largest absolute Gasteiger partial charge is 0.379 e. The van der Waals surface area contributed by atoms with Gasteiger partial charge in [-0.25, -0.2) is 8.78 Å². The van der Waals surface area contributed by atoms with Crippen molar-refractivity contribution in [2.75, 3.05) is 72.5 Å². The Bertz CT molecular complexity index is 1460. The minimum Gasteiger partial charge on any atom is -0.379 e. The second-order valence-electron chi connectivity index (χ2n) is 16.1. The Balaban J connectivity index is 1.20. The Labute approximate surface area is 345 Å². The summed E-state index contributed by atoms with van der Waals surface area (Å²) in [6.45, 7) is 11.2. The van der Waals surface area contributed by atoms with Crippen molar-refractivity contribution in [3.05, 3.63) is 35.9 Å². The molecule has 4 unspecified atom stereocenters. The maximum absolute atomic E-state index is 13.8. The van der Waals surface area contributed by atoms with Crippen molar-refractivity contribution in [1.82, 2.24) is 20.0 Å². The van der Waals surface area contributed by atoms with Crippen LogP contribution in [-0.2, 0) is 28.5 Å². The van der Waals surface area contributed by atoms with Gasteiger partial charge in [-0.15, -0.1) is 6.42 Å². The minimum atomic E-state index is -2.68. The molecule has 1 saturated carbocycles. The average molecular weight is 815 g/mol. The number of hydrogen-bond donors (Lipinski definition) is 3. The summed E-state index contributed by atoms with van der Waals surface area (Å²) in [5.74, 6) is -0.0124. The summed E-state index contributed by atoms with van der Waals surface area (Å²) in [5, 5.41) is 21.2. The first-order chi connectivity index (χ1) is 27.9. The Hall–Kier alpha value is -3.48. The third-order valence-electron chi connectivity index (χ3n) is 11.9. The zero-order chi connectivity index (χ0) is 41.9. The van der Waals surface area contributed by atoms with Gasteiger partial charge in [-0.05, 0) is 77.7 Å². The van der Waals surface area contributed by atoms with Crippen molar-refractivity contribution in [3.63, 3.8) is 0 Å². The second-order valence-corrected chi connectivity index (χ2v) is 16.1. The van der Waals surface area contributed by atoms with Crippen molar-refractivity contribution in [2.45, 2.75) is 121 Å². The molecule has 4 atom stereocenters. The van der Waals surface area contributed by atoms with Crippen LogP contribution in [0.15, 0.2) is 30.3 Å². The summed E-state index contributed by atoms with van der Waals surface area (Å²) < 4.78 is 49.3. The molecule has 1 aromatic carbocycles. The fourth-order valence-corrected chi connectivity index (χ4v) is 8.61. The maximum Gasteiger partial charge on any atom is 0.248 e. The molecule has 0 radical (unpaired) electrons. The van der Waals surface area contributed by atoms with E-state index in [2.05, 4.69) is 30.0 Å². The first-order valence-corrected chi connectivity index (χ1v) is 21.3. The van der Waals surface area contributed by atoms with Gasteiger partial charge in [-0.2, -0.15) is 0 Å². The maximum atomic E-state index is 13.8. The number of benzene rings is 1. The molecule has 3 fully saturated rings. The van der Waals surface area contributed by atoms with Crippen molar-refractivity contribution in [3.8, 4) is 12.3 Å². The number of nitrogens with one attached hydrogen (secondary N) is 3. The highest BCUT2D eigenvalue weighted by Gasteiger charge is 2.39. The van der Waals surface area contributed by atoms with Gasteiger partial charge >= 0.3 is 0 Å². The van der Waals surface area contributed by atoms with Crippen molar-refractivity contribution < 1.29 is 37.3 Å². The molecule has 324 valence electrons. The second kappa shape index (κ2) is 24.6. The van der Waals surface area contributed by atoms with Gasteiger partial charge in [-0.1, -0.05) is 36.3 Å². The smallest absolute Gasteiger partial charge is 0.248 e. The summed E-state index contributed by atoms with van der Waals surface area (Å²) in [6.07, 6.45) is 10.2. The number of carbonyl (C=O) groups excluding carboxylic acids is 2. The third kappa shape index (κ3) is 15.3. The standard InChI is InChI=1S/C44H68F2N6O6/c1-5-24-55-26-28-57-30-31-58-29-27-56-25-18-41(53)50-21-15-37(16-22-50)42(48)52(35(4)47)34(3)32-39-12-11-33(2)51(39)23-17-40(36-9-7-6-8-10-36)49-43(54)38-13-19-44(45,46)20-14-38/h1,6-10,33-34,37-40,47-48H,11-32H2,2-4H3,(H,49,54). The van der Waals surface area contributed by atoms with Crippen LogP contribution < -0.4 is 5.32 Å². The molecule has 4 rings (SSSR count). The van der Waals surface area contributed by atoms with Crippen molar-refractivity contribution >= 4 is 23.5 Å². The number of amidine groups is 2. The topological polar surface area (TPSA) is 141 Å². The number of terminal acetylenes is 1. The fraction of sp³-hybridized carbons (Fsp3) is 0.727. The quantitative estimate of drug-likeness (QED) is 0.0507. The summed E-state index contributed by atoms with van der Waals surface area (Å²) in [6, 6.07) is 10.2. The van der Waals surface area contributed by atoms with Crippen LogP contribution in [-0.4, -0.2) is 135 Å². The number of piperidine rings is 1. The van der Waals surface area contributed by atoms with Crippen LogP contribution in [0.25, 0.3) is 0 Å². The zero-order valence-electron chi connectivity index (χ0n) is 35.0. The van der Waals surface area contributed by atoms with E-state index in [-0.39, 0.29) is 68.1 Å². The molecular weight excluding hydrogens is 747 g/mol. The van der Waals surface area contributed by atoms with E-state index < -0.39 is 11.8 Å². The average Bonchev–Trinajstić information content (AvgIpc) is 3.55. The van der Waals surface area contributed by atoms with E-state index in [0.717, 1.165) is 31.4 Å². The van der Waals surface area contributed by atoms with E-state index in [9.17, 15) is 23.8 Å². The normalized spacial score (nSPS) is 21.3. The molecule has 1 aliphatic carbocycles. The molecule has 0 aromatic heterocycles. The number of rotatable bonds is 23. The summed E-state index contributed by atoms with van der Waals surface area (Å²) in [5.41, 5.74) is 1.01. The van der Waals surface area contributed by atoms with Crippen LogP contribution in [0.3, 0.4) is 0 Å². The number of likely N-dealkylation sites (tertiary alicyclic amines) is 2. The van der Waals surface area contributed by atoms with Gasteiger partial charge in [0.15, 0.2) is 0 Å². The molecule has 2 aliphatic heterocycles. The first-order valence-electron chi connectivity index (χ1n) is 21.3. The monoisotopic (exact) mass is 815 g/mol. The lowest BCUT2D eigenvalue weighted by atomic mass is 9.86. The predicted molar refractivity (Wildman–Crippen MR) is 221 cm³/mol. The number of nitrogens with zero attached hydrogens (tertiary/aromatic N) is 3. The predicted octanol–water partition coefficient (Wildman–Crippen LogP) is 6.30.